The first-order valence-corrected chi connectivity index (χ1v) is 14.9. The van der Waals surface area contributed by atoms with Crippen LogP contribution in [-0.2, 0) is 4.74 Å². The molecular formula is C34H41N3O9. The maximum Gasteiger partial charge on any atom is 0.337 e. The van der Waals surface area contributed by atoms with E-state index in [1.807, 2.05) is 41.5 Å². The highest BCUT2D eigenvalue weighted by atomic mass is 16.6. The fourth-order valence-electron chi connectivity index (χ4n) is 3.96. The van der Waals surface area contributed by atoms with Gasteiger partial charge in [-0.1, -0.05) is 41.5 Å². The molecule has 0 aliphatic carbocycles. The number of carbonyl (C=O) groups excluding carboxylic acids is 3. The first-order valence-electron chi connectivity index (χ1n) is 14.9. The zero-order chi connectivity index (χ0) is 34.0. The van der Waals surface area contributed by atoms with E-state index in [4.69, 9.17) is 18.9 Å². The molecular weight excluding hydrogens is 594 g/mol. The van der Waals surface area contributed by atoms with Crippen LogP contribution in [0.15, 0.2) is 54.6 Å². The molecule has 0 aliphatic heterocycles. The Kier molecular flexibility index (Phi) is 12.5. The minimum atomic E-state index is -0.564. The number of esters is 1. The highest BCUT2D eigenvalue weighted by Crippen LogP contribution is 2.32. The van der Waals surface area contributed by atoms with Gasteiger partial charge in [0.25, 0.3) is 11.8 Å². The van der Waals surface area contributed by atoms with E-state index in [9.17, 15) is 24.5 Å². The van der Waals surface area contributed by atoms with Gasteiger partial charge >= 0.3 is 11.7 Å². The van der Waals surface area contributed by atoms with Crippen LogP contribution in [0.2, 0.25) is 0 Å². The van der Waals surface area contributed by atoms with Crippen molar-refractivity contribution >= 4 is 34.8 Å². The average Bonchev–Trinajstić information content (AvgIpc) is 3.01. The Labute approximate surface area is 268 Å². The van der Waals surface area contributed by atoms with E-state index in [-0.39, 0.29) is 58.2 Å². The molecule has 3 rings (SSSR count). The zero-order valence-corrected chi connectivity index (χ0v) is 27.2. The number of anilines is 2. The molecule has 0 fully saturated rings. The van der Waals surface area contributed by atoms with Crippen LogP contribution in [0, 0.1) is 27.9 Å². The van der Waals surface area contributed by atoms with E-state index in [1.165, 1.54) is 49.6 Å². The van der Waals surface area contributed by atoms with Gasteiger partial charge in [0, 0.05) is 23.3 Å². The monoisotopic (exact) mass is 635 g/mol. The summed E-state index contributed by atoms with van der Waals surface area (Å²) >= 11 is 0. The molecule has 0 radical (unpaired) electrons. The Bertz CT molecular complexity index is 1570. The SMILES string of the molecule is COC(=O)c1ccc(NC(=O)c2ccc(NC(=O)c3ccc([N+](=O)[O-])c(OCC(C)C)c3)c(OCC(C)C)c2)c(OCC(C)C)c1. The molecule has 0 heterocycles. The van der Waals surface area contributed by atoms with E-state index >= 15 is 0 Å². The van der Waals surface area contributed by atoms with E-state index in [0.29, 0.717) is 30.3 Å². The van der Waals surface area contributed by atoms with Crippen LogP contribution in [0.1, 0.15) is 72.6 Å². The maximum absolute atomic E-state index is 13.4. The Morgan fingerprint density at radius 1 is 0.652 bits per heavy atom. The Balaban J connectivity index is 1.90. The van der Waals surface area contributed by atoms with Crippen molar-refractivity contribution in [1.29, 1.82) is 0 Å². The highest BCUT2D eigenvalue weighted by molar-refractivity contribution is 6.08. The van der Waals surface area contributed by atoms with Gasteiger partial charge in [-0.2, -0.15) is 0 Å². The second-order valence-electron chi connectivity index (χ2n) is 11.9. The molecule has 0 atom stereocenters. The summed E-state index contributed by atoms with van der Waals surface area (Å²) in [6, 6.07) is 13.1. The largest absolute Gasteiger partial charge is 0.491 e. The molecule has 46 heavy (non-hydrogen) atoms. The summed E-state index contributed by atoms with van der Waals surface area (Å²) in [7, 11) is 1.28. The predicted molar refractivity (Wildman–Crippen MR) is 174 cm³/mol. The van der Waals surface area contributed by atoms with Crippen LogP contribution >= 0.6 is 0 Å². The lowest BCUT2D eigenvalue weighted by Crippen LogP contribution is -2.17. The molecule has 0 aliphatic rings. The van der Waals surface area contributed by atoms with E-state index in [0.717, 1.165) is 0 Å². The molecule has 0 spiro atoms. The first kappa shape index (κ1) is 35.4. The number of methoxy groups -OCH3 is 1. The van der Waals surface area contributed by atoms with E-state index < -0.39 is 22.7 Å². The van der Waals surface area contributed by atoms with Crippen molar-refractivity contribution in [2.45, 2.75) is 41.5 Å². The number of amides is 2. The second-order valence-corrected chi connectivity index (χ2v) is 11.9. The number of carbonyl (C=O) groups is 3. The molecule has 246 valence electrons. The number of nitrogens with one attached hydrogen (secondary N) is 2. The summed E-state index contributed by atoms with van der Waals surface area (Å²) in [6.07, 6.45) is 0. The standard InChI is InChI=1S/C34H41N3O9/c1-20(2)17-44-29-14-23(32(38)36-27-12-9-25(34(40)43-7)16-30(27)45-18-21(3)4)8-11-26(29)35-33(39)24-10-13-28(37(41)42)31(15-24)46-19-22(5)6/h8-16,20-22H,17-19H2,1-7H3,(H,35,39)(H,36,38). The molecule has 0 aromatic heterocycles. The van der Waals surface area contributed by atoms with E-state index in [2.05, 4.69) is 10.6 Å². The number of hydrogen-bond donors (Lipinski definition) is 2. The number of nitro benzene ring substituents is 1. The zero-order valence-electron chi connectivity index (χ0n) is 27.2. The van der Waals surface area contributed by atoms with Crippen LogP contribution in [0.25, 0.3) is 0 Å². The van der Waals surface area contributed by atoms with Gasteiger partial charge in [0.2, 0.25) is 0 Å². The lowest BCUT2D eigenvalue weighted by molar-refractivity contribution is -0.385. The third-order valence-corrected chi connectivity index (χ3v) is 6.28. The van der Waals surface area contributed by atoms with Gasteiger partial charge in [-0.25, -0.2) is 4.79 Å². The Hall–Kier alpha value is -5.13. The van der Waals surface area contributed by atoms with Gasteiger partial charge in [0.15, 0.2) is 5.75 Å². The molecule has 2 N–H and O–H groups in total. The van der Waals surface area contributed by atoms with Crippen LogP contribution in [0.3, 0.4) is 0 Å². The Morgan fingerprint density at radius 3 is 1.48 bits per heavy atom. The Morgan fingerprint density at radius 2 is 1.04 bits per heavy atom. The minimum absolute atomic E-state index is 0.00832. The molecule has 0 saturated carbocycles. The van der Waals surface area contributed by atoms with Crippen molar-refractivity contribution in [3.8, 4) is 17.2 Å². The molecule has 0 bridgehead atoms. The topological polar surface area (TPSA) is 155 Å². The summed E-state index contributed by atoms with van der Waals surface area (Å²) < 4.78 is 22.3. The highest BCUT2D eigenvalue weighted by Gasteiger charge is 2.21. The number of rotatable bonds is 15. The van der Waals surface area contributed by atoms with Gasteiger partial charge in [-0.15, -0.1) is 0 Å². The molecule has 3 aromatic carbocycles. The summed E-state index contributed by atoms with van der Waals surface area (Å²) in [4.78, 5) is 49.7. The molecule has 3 aromatic rings. The van der Waals surface area contributed by atoms with Gasteiger partial charge < -0.3 is 29.6 Å². The van der Waals surface area contributed by atoms with Crippen molar-refractivity contribution < 1.29 is 38.3 Å². The minimum Gasteiger partial charge on any atom is -0.491 e. The van der Waals surface area contributed by atoms with Gasteiger partial charge in [-0.3, -0.25) is 19.7 Å². The second kappa shape index (κ2) is 16.3. The smallest absolute Gasteiger partial charge is 0.337 e. The van der Waals surface area contributed by atoms with Gasteiger partial charge in [-0.05, 0) is 60.2 Å². The third-order valence-electron chi connectivity index (χ3n) is 6.28. The van der Waals surface area contributed by atoms with E-state index in [1.54, 1.807) is 12.1 Å². The lowest BCUT2D eigenvalue weighted by Gasteiger charge is -2.17. The summed E-state index contributed by atoms with van der Waals surface area (Å²) in [6.45, 7) is 12.6. The van der Waals surface area contributed by atoms with Crippen molar-refractivity contribution in [1.82, 2.24) is 0 Å². The van der Waals surface area contributed by atoms with Crippen molar-refractivity contribution in [3.05, 3.63) is 81.4 Å². The third kappa shape index (κ3) is 9.94. The van der Waals surface area contributed by atoms with Crippen LogP contribution in [0.5, 0.6) is 17.2 Å². The molecule has 0 saturated heterocycles. The predicted octanol–water partition coefficient (Wildman–Crippen LogP) is 6.99. The number of nitrogens with zero attached hydrogens (tertiary/aromatic N) is 1. The van der Waals surface area contributed by atoms with Gasteiger partial charge in [0.1, 0.15) is 11.5 Å². The van der Waals surface area contributed by atoms with Crippen molar-refractivity contribution in [2.75, 3.05) is 37.6 Å². The van der Waals surface area contributed by atoms with Crippen LogP contribution in [0.4, 0.5) is 17.1 Å². The quantitative estimate of drug-likeness (QED) is 0.102. The molecule has 12 heteroatoms. The average molecular weight is 636 g/mol. The van der Waals surface area contributed by atoms with Crippen molar-refractivity contribution in [2.24, 2.45) is 17.8 Å². The number of hydrogen-bond acceptors (Lipinski definition) is 9. The first-order chi connectivity index (χ1) is 21.8. The fraction of sp³-hybridized carbons (Fsp3) is 0.382. The van der Waals surface area contributed by atoms with Gasteiger partial charge in [0.05, 0.1) is 48.8 Å². The van der Waals surface area contributed by atoms with Crippen LogP contribution < -0.4 is 24.8 Å². The lowest BCUT2D eigenvalue weighted by atomic mass is 10.1. The molecule has 2 amide bonds. The number of nitro groups is 1. The van der Waals surface area contributed by atoms with Crippen molar-refractivity contribution in [3.63, 3.8) is 0 Å². The van der Waals surface area contributed by atoms with Crippen LogP contribution in [-0.4, -0.2) is 49.6 Å². The molecule has 0 unspecified atom stereocenters. The fourth-order valence-corrected chi connectivity index (χ4v) is 3.96. The summed E-state index contributed by atoms with van der Waals surface area (Å²) in [5.41, 5.74) is 1.07. The maximum atomic E-state index is 13.4. The molecule has 12 nitrogen and oxygen atoms in total. The summed E-state index contributed by atoms with van der Waals surface area (Å²) in [5, 5.41) is 17.1. The number of benzene rings is 3. The normalized spacial score (nSPS) is 10.9. The number of ether oxygens (including phenoxy) is 4. The summed E-state index contributed by atoms with van der Waals surface area (Å²) in [5.74, 6) is -0.550.